The molecule has 0 aliphatic carbocycles. The molecule has 2 rings (SSSR count). The van der Waals surface area contributed by atoms with Gasteiger partial charge in [-0.2, -0.15) is 0 Å². The maximum Gasteiger partial charge on any atom is 0.224 e. The molecule has 7 heteroatoms. The molecular formula is C16H25N3O3S. The summed E-state index contributed by atoms with van der Waals surface area (Å²) in [6, 6.07) is 10.2. The lowest BCUT2D eigenvalue weighted by molar-refractivity contribution is -0.125. The van der Waals surface area contributed by atoms with Crippen LogP contribution in [0.5, 0.6) is 0 Å². The lowest BCUT2D eigenvalue weighted by Gasteiger charge is -2.16. The summed E-state index contributed by atoms with van der Waals surface area (Å²) in [4.78, 5) is 14.6. The molecule has 23 heavy (non-hydrogen) atoms. The van der Waals surface area contributed by atoms with Gasteiger partial charge in [-0.1, -0.05) is 37.3 Å². The van der Waals surface area contributed by atoms with Crippen molar-refractivity contribution in [1.82, 2.24) is 14.9 Å². The molecule has 2 N–H and O–H groups in total. The molecule has 6 nitrogen and oxygen atoms in total. The third-order valence-corrected chi connectivity index (χ3v) is 4.79. The summed E-state index contributed by atoms with van der Waals surface area (Å²) >= 11 is 0. The Kier molecular flexibility index (Phi) is 6.15. The molecule has 0 saturated carbocycles. The molecule has 1 aliphatic rings. The molecule has 128 valence electrons. The first-order chi connectivity index (χ1) is 10.8. The Balaban J connectivity index is 1.78. The molecule has 1 heterocycles. The third kappa shape index (κ3) is 5.93. The van der Waals surface area contributed by atoms with Crippen LogP contribution in [-0.2, 0) is 21.4 Å². The quantitative estimate of drug-likeness (QED) is 0.706. The van der Waals surface area contributed by atoms with Crippen molar-refractivity contribution in [1.29, 1.82) is 0 Å². The Hall–Kier alpha value is -1.44. The first kappa shape index (κ1) is 17.9. The first-order valence-corrected chi connectivity index (χ1v) is 9.73. The molecule has 0 bridgehead atoms. The van der Waals surface area contributed by atoms with E-state index >= 15 is 0 Å². The van der Waals surface area contributed by atoms with Gasteiger partial charge in [0.05, 0.1) is 12.2 Å². The molecule has 1 amide bonds. The number of benzene rings is 1. The van der Waals surface area contributed by atoms with Crippen LogP contribution in [0.1, 0.15) is 12.5 Å². The predicted molar refractivity (Wildman–Crippen MR) is 90.2 cm³/mol. The van der Waals surface area contributed by atoms with Crippen LogP contribution in [-0.4, -0.2) is 51.7 Å². The topological polar surface area (TPSA) is 78.5 Å². The van der Waals surface area contributed by atoms with Gasteiger partial charge in [-0.3, -0.25) is 9.69 Å². The van der Waals surface area contributed by atoms with Crippen molar-refractivity contribution in [2.24, 2.45) is 11.8 Å². The molecule has 0 aromatic heterocycles. The van der Waals surface area contributed by atoms with E-state index in [0.29, 0.717) is 12.5 Å². The highest BCUT2D eigenvalue weighted by molar-refractivity contribution is 7.88. The highest BCUT2D eigenvalue weighted by atomic mass is 32.2. The zero-order valence-electron chi connectivity index (χ0n) is 13.7. The van der Waals surface area contributed by atoms with Gasteiger partial charge in [0.25, 0.3) is 0 Å². The molecule has 1 aromatic carbocycles. The third-order valence-electron chi connectivity index (χ3n) is 4.06. The van der Waals surface area contributed by atoms with E-state index in [1.807, 2.05) is 18.2 Å². The van der Waals surface area contributed by atoms with E-state index in [2.05, 4.69) is 34.0 Å². The number of hydrogen-bond donors (Lipinski definition) is 2. The zero-order valence-corrected chi connectivity index (χ0v) is 14.5. The first-order valence-electron chi connectivity index (χ1n) is 7.84. The van der Waals surface area contributed by atoms with Gasteiger partial charge in [-0.05, 0) is 11.5 Å². The lowest BCUT2D eigenvalue weighted by atomic mass is 9.97. The van der Waals surface area contributed by atoms with Crippen molar-refractivity contribution in [3.8, 4) is 0 Å². The number of hydrogen-bond acceptors (Lipinski definition) is 4. The van der Waals surface area contributed by atoms with Crippen LogP contribution in [0, 0.1) is 11.8 Å². The minimum Gasteiger partial charge on any atom is -0.354 e. The van der Waals surface area contributed by atoms with E-state index in [1.54, 1.807) is 0 Å². The molecule has 1 aliphatic heterocycles. The summed E-state index contributed by atoms with van der Waals surface area (Å²) in [5.41, 5.74) is 1.25. The number of carbonyl (C=O) groups excluding carboxylic acids is 1. The highest BCUT2D eigenvalue weighted by Crippen LogP contribution is 2.24. The second-order valence-electron chi connectivity index (χ2n) is 6.22. The molecule has 0 spiro atoms. The van der Waals surface area contributed by atoms with Gasteiger partial charge >= 0.3 is 0 Å². The van der Waals surface area contributed by atoms with Gasteiger partial charge < -0.3 is 5.32 Å². The van der Waals surface area contributed by atoms with Crippen molar-refractivity contribution in [2.75, 3.05) is 32.4 Å². The van der Waals surface area contributed by atoms with Crippen LogP contribution in [0.2, 0.25) is 0 Å². The van der Waals surface area contributed by atoms with E-state index < -0.39 is 10.0 Å². The number of carbonyl (C=O) groups is 1. The average molecular weight is 339 g/mol. The number of nitrogens with one attached hydrogen (secondary N) is 2. The SMILES string of the molecule is C[C@@H]1CN(Cc2ccccc2)C[C@H]1C(=O)NCCNS(C)(=O)=O. The summed E-state index contributed by atoms with van der Waals surface area (Å²) in [7, 11) is -3.20. The summed E-state index contributed by atoms with van der Waals surface area (Å²) in [6.45, 7) is 5.11. The summed E-state index contributed by atoms with van der Waals surface area (Å²) in [5.74, 6) is 0.252. The van der Waals surface area contributed by atoms with E-state index in [4.69, 9.17) is 0 Å². The molecule has 1 saturated heterocycles. The van der Waals surface area contributed by atoms with E-state index in [0.717, 1.165) is 25.9 Å². The van der Waals surface area contributed by atoms with Crippen LogP contribution in [0.15, 0.2) is 30.3 Å². The zero-order chi connectivity index (χ0) is 16.9. The number of nitrogens with zero attached hydrogens (tertiary/aromatic N) is 1. The molecule has 0 radical (unpaired) electrons. The van der Waals surface area contributed by atoms with Gasteiger partial charge in [0.1, 0.15) is 0 Å². The maximum atomic E-state index is 12.3. The Morgan fingerprint density at radius 3 is 2.57 bits per heavy atom. The van der Waals surface area contributed by atoms with Crippen molar-refractivity contribution >= 4 is 15.9 Å². The predicted octanol–water partition coefficient (Wildman–Crippen LogP) is 0.420. The largest absolute Gasteiger partial charge is 0.354 e. The Bertz CT molecular complexity index is 619. The summed E-state index contributed by atoms with van der Waals surface area (Å²) < 4.78 is 24.3. The molecule has 1 fully saturated rings. The Morgan fingerprint density at radius 2 is 1.91 bits per heavy atom. The summed E-state index contributed by atoms with van der Waals surface area (Å²) in [5, 5.41) is 2.82. The molecule has 0 unspecified atom stereocenters. The van der Waals surface area contributed by atoms with Crippen LogP contribution in [0.3, 0.4) is 0 Å². The fourth-order valence-corrected chi connectivity index (χ4v) is 3.41. The van der Waals surface area contributed by atoms with E-state index in [-0.39, 0.29) is 18.4 Å². The average Bonchev–Trinajstić information content (AvgIpc) is 2.84. The Morgan fingerprint density at radius 1 is 1.22 bits per heavy atom. The smallest absolute Gasteiger partial charge is 0.224 e. The number of sulfonamides is 1. The van der Waals surface area contributed by atoms with Gasteiger partial charge in [0.2, 0.25) is 15.9 Å². The number of likely N-dealkylation sites (tertiary alicyclic amines) is 1. The second-order valence-corrected chi connectivity index (χ2v) is 8.05. The normalized spacial score (nSPS) is 22.2. The van der Waals surface area contributed by atoms with Crippen molar-refractivity contribution in [2.45, 2.75) is 13.5 Å². The molecular weight excluding hydrogens is 314 g/mol. The second kappa shape index (κ2) is 7.90. The minimum atomic E-state index is -3.20. The van der Waals surface area contributed by atoms with Crippen LogP contribution >= 0.6 is 0 Å². The van der Waals surface area contributed by atoms with Crippen molar-refractivity contribution in [3.05, 3.63) is 35.9 Å². The standard InChI is InChI=1S/C16H25N3O3S/c1-13-10-19(11-14-6-4-3-5-7-14)12-15(13)16(20)17-8-9-18-23(2,21)22/h3-7,13,15,18H,8-12H2,1-2H3,(H,17,20)/t13-,15-/m1/s1. The van der Waals surface area contributed by atoms with Crippen molar-refractivity contribution < 1.29 is 13.2 Å². The van der Waals surface area contributed by atoms with Gasteiger partial charge in [-0.25, -0.2) is 13.1 Å². The minimum absolute atomic E-state index is 0.00311. The summed E-state index contributed by atoms with van der Waals surface area (Å²) in [6.07, 6.45) is 1.11. The van der Waals surface area contributed by atoms with E-state index in [9.17, 15) is 13.2 Å². The van der Waals surface area contributed by atoms with Gasteiger partial charge in [0.15, 0.2) is 0 Å². The molecule has 2 atom stereocenters. The number of amides is 1. The van der Waals surface area contributed by atoms with Gasteiger partial charge in [-0.15, -0.1) is 0 Å². The van der Waals surface area contributed by atoms with Crippen LogP contribution in [0.4, 0.5) is 0 Å². The monoisotopic (exact) mass is 339 g/mol. The Labute approximate surface area is 138 Å². The molecule has 1 aromatic rings. The number of rotatable bonds is 7. The lowest BCUT2D eigenvalue weighted by Crippen LogP contribution is -2.39. The maximum absolute atomic E-state index is 12.3. The fraction of sp³-hybridized carbons (Fsp3) is 0.562. The van der Waals surface area contributed by atoms with Crippen LogP contribution in [0.25, 0.3) is 0 Å². The van der Waals surface area contributed by atoms with E-state index in [1.165, 1.54) is 5.56 Å². The van der Waals surface area contributed by atoms with Crippen molar-refractivity contribution in [3.63, 3.8) is 0 Å². The highest BCUT2D eigenvalue weighted by Gasteiger charge is 2.34. The van der Waals surface area contributed by atoms with Gasteiger partial charge in [0, 0.05) is 32.7 Å². The van der Waals surface area contributed by atoms with Crippen LogP contribution < -0.4 is 10.0 Å². The fourth-order valence-electron chi connectivity index (χ4n) is 2.93.